The zero-order chi connectivity index (χ0) is 32.9. The van der Waals surface area contributed by atoms with Gasteiger partial charge in [-0.15, -0.1) is 11.3 Å². The van der Waals surface area contributed by atoms with Crippen molar-refractivity contribution in [1.82, 2.24) is 4.57 Å². The lowest BCUT2D eigenvalue weighted by Crippen LogP contribution is -2.31. The van der Waals surface area contributed by atoms with E-state index in [2.05, 4.69) is 165 Å². The Balaban J connectivity index is 1.45. The largest absolute Gasteiger partial charge is 0.307 e. The summed E-state index contributed by atoms with van der Waals surface area (Å²) in [6.45, 7) is 11.3. The van der Waals surface area contributed by atoms with E-state index >= 15 is 0 Å². The van der Waals surface area contributed by atoms with Crippen molar-refractivity contribution in [1.29, 1.82) is 0 Å². The third kappa shape index (κ3) is 4.02. The molecular weight excluding hydrogens is 605 g/mol. The molecule has 6 aromatic carbocycles. The maximum Gasteiger partial charge on any atom is 0.197 e. The molecule has 0 amide bonds. The van der Waals surface area contributed by atoms with Crippen LogP contribution in [0.5, 0.6) is 0 Å². The fourth-order valence-electron chi connectivity index (χ4n) is 7.86. The van der Waals surface area contributed by atoms with E-state index in [1.165, 1.54) is 27.5 Å². The molecule has 48 heavy (non-hydrogen) atoms. The van der Waals surface area contributed by atoms with Crippen LogP contribution in [0.4, 0.5) is 17.1 Å². The zero-order valence-corrected chi connectivity index (χ0v) is 28.7. The standard InChI is InChI=1S/C44H36N2OS/c1-43(2,3)27-22-23-31-38(26-27)48-37-21-13-20-36(39(37)42(31)47)46-35-19-12-10-17-32(35)44(4,5)33-25-24-30-29-16-9-11-18-34(29)45(40(30)41(33)46)28-14-7-6-8-15-28/h6-26H,1-5H3. The van der Waals surface area contributed by atoms with Crippen LogP contribution >= 0.6 is 11.3 Å². The van der Waals surface area contributed by atoms with E-state index in [4.69, 9.17) is 0 Å². The number of aromatic nitrogens is 1. The Morgan fingerprint density at radius 3 is 2.15 bits per heavy atom. The number of nitrogens with zero attached hydrogens (tertiary/aromatic N) is 2. The van der Waals surface area contributed by atoms with Gasteiger partial charge in [0.2, 0.25) is 0 Å². The smallest absolute Gasteiger partial charge is 0.197 e. The molecule has 3 heterocycles. The second-order valence-corrected chi connectivity index (χ2v) is 15.6. The Morgan fingerprint density at radius 1 is 0.625 bits per heavy atom. The molecule has 8 aromatic rings. The van der Waals surface area contributed by atoms with Gasteiger partial charge in [-0.25, -0.2) is 0 Å². The van der Waals surface area contributed by atoms with Crippen LogP contribution in [0.3, 0.4) is 0 Å². The molecule has 0 spiro atoms. The van der Waals surface area contributed by atoms with Crippen molar-refractivity contribution in [3.05, 3.63) is 154 Å². The highest BCUT2D eigenvalue weighted by Crippen LogP contribution is 2.56. The molecule has 0 atom stereocenters. The van der Waals surface area contributed by atoms with E-state index in [9.17, 15) is 4.79 Å². The molecule has 1 aliphatic heterocycles. The minimum absolute atomic E-state index is 0.00261. The molecule has 2 aromatic heterocycles. The molecular formula is C44H36N2OS. The predicted molar refractivity (Wildman–Crippen MR) is 205 cm³/mol. The third-order valence-electron chi connectivity index (χ3n) is 10.3. The molecule has 234 valence electrons. The molecule has 0 aliphatic carbocycles. The molecule has 0 N–H and O–H groups in total. The molecule has 0 radical (unpaired) electrons. The fraction of sp³-hybridized carbons (Fsp3) is 0.159. The number of hydrogen-bond acceptors (Lipinski definition) is 3. The molecule has 3 nitrogen and oxygen atoms in total. The van der Waals surface area contributed by atoms with E-state index in [1.807, 2.05) is 6.07 Å². The van der Waals surface area contributed by atoms with Crippen LogP contribution in [0.15, 0.2) is 132 Å². The summed E-state index contributed by atoms with van der Waals surface area (Å²) in [7, 11) is 0. The molecule has 0 unspecified atom stereocenters. The van der Waals surface area contributed by atoms with Gasteiger partial charge in [0, 0.05) is 36.7 Å². The summed E-state index contributed by atoms with van der Waals surface area (Å²) in [4.78, 5) is 17.1. The van der Waals surface area contributed by atoms with Gasteiger partial charge >= 0.3 is 0 Å². The van der Waals surface area contributed by atoms with Crippen molar-refractivity contribution in [3.8, 4) is 5.69 Å². The summed E-state index contributed by atoms with van der Waals surface area (Å²) in [6.07, 6.45) is 0. The summed E-state index contributed by atoms with van der Waals surface area (Å²) in [5.74, 6) is 0. The van der Waals surface area contributed by atoms with Gasteiger partial charge < -0.3 is 9.47 Å². The second-order valence-electron chi connectivity index (χ2n) is 14.6. The van der Waals surface area contributed by atoms with Gasteiger partial charge in [0.15, 0.2) is 5.43 Å². The van der Waals surface area contributed by atoms with Crippen LogP contribution in [0, 0.1) is 0 Å². The molecule has 1 aliphatic rings. The lowest BCUT2D eigenvalue weighted by Gasteiger charge is -2.42. The maximum absolute atomic E-state index is 14.7. The molecule has 0 fully saturated rings. The van der Waals surface area contributed by atoms with Crippen molar-refractivity contribution in [2.75, 3.05) is 4.90 Å². The Bertz CT molecular complexity index is 2650. The van der Waals surface area contributed by atoms with Crippen LogP contribution in [0.25, 0.3) is 47.7 Å². The predicted octanol–water partition coefficient (Wildman–Crippen LogP) is 11.9. The first-order valence-corrected chi connectivity index (χ1v) is 17.5. The monoisotopic (exact) mass is 640 g/mol. The van der Waals surface area contributed by atoms with E-state index in [0.717, 1.165) is 54.0 Å². The van der Waals surface area contributed by atoms with Crippen LogP contribution in [0.1, 0.15) is 51.3 Å². The summed E-state index contributed by atoms with van der Waals surface area (Å²) in [5.41, 5.74) is 10.1. The highest BCUT2D eigenvalue weighted by molar-refractivity contribution is 7.24. The average Bonchev–Trinajstić information content (AvgIpc) is 3.43. The quantitative estimate of drug-likeness (QED) is 0.176. The number of anilines is 3. The van der Waals surface area contributed by atoms with Crippen molar-refractivity contribution in [3.63, 3.8) is 0 Å². The first-order valence-electron chi connectivity index (χ1n) is 16.7. The van der Waals surface area contributed by atoms with Gasteiger partial charge in [-0.3, -0.25) is 4.79 Å². The number of para-hydroxylation sites is 3. The number of benzene rings is 6. The summed E-state index contributed by atoms with van der Waals surface area (Å²) in [5, 5.41) is 3.94. The van der Waals surface area contributed by atoms with E-state index in [0.29, 0.717) is 0 Å². The Hall–Kier alpha value is -5.19. The molecule has 0 bridgehead atoms. The number of rotatable bonds is 2. The first kappa shape index (κ1) is 29.0. The Kier molecular flexibility index (Phi) is 6.13. The van der Waals surface area contributed by atoms with Crippen molar-refractivity contribution < 1.29 is 0 Å². The minimum atomic E-state index is -0.280. The van der Waals surface area contributed by atoms with Gasteiger partial charge in [-0.05, 0) is 70.6 Å². The maximum atomic E-state index is 14.7. The fourth-order valence-corrected chi connectivity index (χ4v) is 9.00. The Morgan fingerprint density at radius 2 is 1.33 bits per heavy atom. The lowest BCUT2D eigenvalue weighted by molar-refractivity contribution is 0.591. The third-order valence-corrected chi connectivity index (χ3v) is 11.4. The van der Waals surface area contributed by atoms with Crippen molar-refractivity contribution >= 4 is 70.4 Å². The number of hydrogen-bond donors (Lipinski definition) is 0. The molecule has 0 saturated heterocycles. The first-order chi connectivity index (χ1) is 23.1. The average molecular weight is 641 g/mol. The topological polar surface area (TPSA) is 25.2 Å². The van der Waals surface area contributed by atoms with Gasteiger partial charge in [0.05, 0.1) is 33.5 Å². The zero-order valence-electron chi connectivity index (χ0n) is 27.8. The van der Waals surface area contributed by atoms with Crippen LogP contribution < -0.4 is 10.3 Å². The highest BCUT2D eigenvalue weighted by Gasteiger charge is 2.39. The van der Waals surface area contributed by atoms with E-state index < -0.39 is 0 Å². The van der Waals surface area contributed by atoms with Crippen LogP contribution in [-0.4, -0.2) is 4.57 Å². The van der Waals surface area contributed by atoms with Gasteiger partial charge in [0.25, 0.3) is 0 Å². The molecule has 9 rings (SSSR count). The van der Waals surface area contributed by atoms with Crippen molar-refractivity contribution in [2.45, 2.75) is 45.4 Å². The minimum Gasteiger partial charge on any atom is -0.307 e. The van der Waals surface area contributed by atoms with E-state index in [-0.39, 0.29) is 16.3 Å². The van der Waals surface area contributed by atoms with Gasteiger partial charge in [0.1, 0.15) is 0 Å². The summed E-state index contributed by atoms with van der Waals surface area (Å²) >= 11 is 1.71. The van der Waals surface area contributed by atoms with Crippen LogP contribution in [-0.2, 0) is 10.8 Å². The van der Waals surface area contributed by atoms with Gasteiger partial charge in [-0.1, -0.05) is 113 Å². The normalized spacial score (nSPS) is 14.1. The highest BCUT2D eigenvalue weighted by atomic mass is 32.1. The lowest BCUT2D eigenvalue weighted by atomic mass is 9.73. The van der Waals surface area contributed by atoms with Gasteiger partial charge in [-0.2, -0.15) is 0 Å². The molecule has 0 saturated carbocycles. The van der Waals surface area contributed by atoms with Crippen LogP contribution in [0.2, 0.25) is 0 Å². The van der Waals surface area contributed by atoms with Crippen molar-refractivity contribution in [2.24, 2.45) is 0 Å². The second kappa shape index (κ2) is 10.2. The Labute approximate surface area is 284 Å². The molecule has 4 heteroatoms. The summed E-state index contributed by atoms with van der Waals surface area (Å²) in [6, 6.07) is 45.4. The number of fused-ring (bicyclic) bond motifs is 8. The SMILES string of the molecule is CC(C)(C)c1ccc2c(=O)c3c(N4c5ccccc5C(C)(C)c5ccc6c7ccccc7n(-c7ccccc7)c6c54)cccc3sc2c1. The van der Waals surface area contributed by atoms with E-state index in [1.54, 1.807) is 11.3 Å². The summed E-state index contributed by atoms with van der Waals surface area (Å²) < 4.78 is 4.44.